The second-order valence-electron chi connectivity index (χ2n) is 8.48. The third-order valence-electron chi connectivity index (χ3n) is 6.51. The molecule has 4 aliphatic carbocycles. The maximum Gasteiger partial charge on any atom is 0.237 e. The Morgan fingerprint density at radius 2 is 1.70 bits per heavy atom. The lowest BCUT2D eigenvalue weighted by atomic mass is 9.49. The summed E-state index contributed by atoms with van der Waals surface area (Å²) in [5.74, 6) is 2.32. The van der Waals surface area contributed by atoms with Crippen LogP contribution < -0.4 is 10.7 Å². The summed E-state index contributed by atoms with van der Waals surface area (Å²) in [6.07, 6.45) is 7.01. The average molecular weight is 361 g/mol. The first-order valence-corrected chi connectivity index (χ1v) is 9.57. The van der Waals surface area contributed by atoms with E-state index >= 15 is 0 Å². The number of nitrogens with zero attached hydrogens (tertiary/aromatic N) is 3. The predicted octanol–water partition coefficient (Wildman–Crippen LogP) is 3.96. The Labute approximate surface area is 159 Å². The molecule has 4 fully saturated rings. The number of carbonyl (C=O) groups excluding carboxylic acids is 1. The third kappa shape index (κ3) is 3.28. The van der Waals surface area contributed by atoms with E-state index in [4.69, 9.17) is 10.5 Å². The van der Waals surface area contributed by atoms with Crippen LogP contribution in [0.4, 0.5) is 11.4 Å². The Morgan fingerprint density at radius 3 is 2.26 bits per heavy atom. The number of rotatable bonds is 4. The summed E-state index contributed by atoms with van der Waals surface area (Å²) in [6, 6.07) is 8.94. The lowest BCUT2D eigenvalue weighted by molar-refractivity contribution is -0.140. The van der Waals surface area contributed by atoms with E-state index in [-0.39, 0.29) is 17.0 Å². The van der Waals surface area contributed by atoms with Crippen LogP contribution in [0.2, 0.25) is 0 Å². The highest BCUT2D eigenvalue weighted by molar-refractivity contribution is 6.10. The summed E-state index contributed by atoms with van der Waals surface area (Å²) in [5, 5.41) is 24.5. The van der Waals surface area contributed by atoms with E-state index in [1.165, 1.54) is 19.3 Å². The lowest BCUT2D eigenvalue weighted by Gasteiger charge is -2.55. The number of hydrogen-bond donors (Lipinski definition) is 2. The van der Waals surface area contributed by atoms with E-state index in [9.17, 15) is 4.79 Å². The zero-order valence-electron chi connectivity index (χ0n) is 15.5. The molecular weight excluding hydrogens is 338 g/mol. The number of amides is 1. The normalized spacial score (nSPS) is 30.1. The first-order valence-electron chi connectivity index (χ1n) is 9.57. The molecule has 0 aliphatic heterocycles. The fourth-order valence-electron chi connectivity index (χ4n) is 5.67. The largest absolute Gasteiger partial charge is 0.325 e. The number of aryl methyl sites for hydroxylation is 1. The van der Waals surface area contributed by atoms with Crippen LogP contribution in [0.5, 0.6) is 0 Å². The molecule has 0 saturated heterocycles. The molecule has 6 heteroatoms. The number of hydrogen-bond acceptors (Lipinski definition) is 5. The summed E-state index contributed by atoms with van der Waals surface area (Å²) in [7, 11) is 0. The highest BCUT2D eigenvalue weighted by atomic mass is 16.2. The third-order valence-corrected chi connectivity index (χ3v) is 6.51. The monoisotopic (exact) mass is 361 g/mol. The van der Waals surface area contributed by atoms with Gasteiger partial charge in [-0.2, -0.15) is 15.6 Å². The number of nitrogens with one attached hydrogen (secondary N) is 2. The fourth-order valence-corrected chi connectivity index (χ4v) is 5.67. The van der Waals surface area contributed by atoms with Gasteiger partial charge in [0.25, 0.3) is 0 Å². The van der Waals surface area contributed by atoms with Crippen LogP contribution in [-0.2, 0) is 4.79 Å². The Morgan fingerprint density at radius 1 is 1.11 bits per heavy atom. The van der Waals surface area contributed by atoms with Crippen LogP contribution in [-0.4, -0.2) is 11.6 Å². The summed E-state index contributed by atoms with van der Waals surface area (Å²) < 4.78 is 0. The maximum atomic E-state index is 13.2. The molecule has 138 valence electrons. The molecular formula is C21H23N5O. The van der Waals surface area contributed by atoms with Crippen molar-refractivity contribution in [1.29, 1.82) is 10.5 Å². The molecule has 2 N–H and O–H groups in total. The van der Waals surface area contributed by atoms with Crippen molar-refractivity contribution in [1.82, 2.24) is 0 Å². The van der Waals surface area contributed by atoms with E-state index in [2.05, 4.69) is 15.8 Å². The van der Waals surface area contributed by atoms with E-state index in [1.54, 1.807) is 12.1 Å². The number of nitriles is 2. The number of carbonyl (C=O) groups is 1. The standard InChI is InChI=1S/C21H23N5O/c1-13-2-3-17(25-26-18(11-22)12-23)7-19(13)24-20(27)21-8-14-4-15(9-21)6-16(5-14)10-21/h2-3,7,14-16,25H,4-6,8-10H2,1H3,(H,24,27). The van der Waals surface area contributed by atoms with Crippen molar-refractivity contribution in [3.05, 3.63) is 23.8 Å². The highest BCUT2D eigenvalue weighted by Gasteiger charge is 2.54. The molecule has 4 bridgehead atoms. The molecule has 1 aromatic carbocycles. The minimum absolute atomic E-state index is 0.153. The topological polar surface area (TPSA) is 101 Å². The minimum Gasteiger partial charge on any atom is -0.325 e. The molecule has 4 saturated carbocycles. The number of benzene rings is 1. The van der Waals surface area contributed by atoms with Crippen molar-refractivity contribution in [3.8, 4) is 12.1 Å². The smallest absolute Gasteiger partial charge is 0.237 e. The van der Waals surface area contributed by atoms with Crippen LogP contribution in [0.1, 0.15) is 44.1 Å². The van der Waals surface area contributed by atoms with E-state index in [1.807, 2.05) is 25.1 Å². The molecule has 4 aliphatic rings. The van der Waals surface area contributed by atoms with Gasteiger partial charge in [-0.25, -0.2) is 0 Å². The van der Waals surface area contributed by atoms with Crippen LogP contribution >= 0.6 is 0 Å². The Balaban J connectivity index is 1.52. The van der Waals surface area contributed by atoms with Gasteiger partial charge in [0.05, 0.1) is 11.1 Å². The summed E-state index contributed by atoms with van der Waals surface area (Å²) in [6.45, 7) is 1.96. The van der Waals surface area contributed by atoms with Gasteiger partial charge in [0, 0.05) is 5.69 Å². The van der Waals surface area contributed by atoms with Gasteiger partial charge in [0.2, 0.25) is 11.6 Å². The Bertz CT molecular complexity index is 838. The quantitative estimate of drug-likeness (QED) is 0.626. The molecule has 0 atom stereocenters. The van der Waals surface area contributed by atoms with Crippen molar-refractivity contribution in [2.75, 3.05) is 10.7 Å². The highest BCUT2D eigenvalue weighted by Crippen LogP contribution is 2.60. The number of hydrazone groups is 1. The predicted molar refractivity (Wildman–Crippen MR) is 103 cm³/mol. The SMILES string of the molecule is Cc1ccc(NN=C(C#N)C#N)cc1NC(=O)C12CC3CC(CC(C3)C1)C2. The van der Waals surface area contributed by atoms with Crippen molar-refractivity contribution in [2.45, 2.75) is 45.4 Å². The van der Waals surface area contributed by atoms with Gasteiger partial charge >= 0.3 is 0 Å². The lowest BCUT2D eigenvalue weighted by Crippen LogP contribution is -2.51. The summed E-state index contributed by atoms with van der Waals surface area (Å²) in [4.78, 5) is 13.2. The van der Waals surface area contributed by atoms with E-state index in [0.717, 1.165) is 48.3 Å². The average Bonchev–Trinajstić information content (AvgIpc) is 2.64. The zero-order chi connectivity index (χ0) is 19.0. The van der Waals surface area contributed by atoms with Gasteiger partial charge in [0.1, 0.15) is 12.1 Å². The number of anilines is 2. The molecule has 1 aromatic rings. The van der Waals surface area contributed by atoms with Gasteiger partial charge in [-0.3, -0.25) is 10.2 Å². The van der Waals surface area contributed by atoms with Gasteiger partial charge in [-0.15, -0.1) is 0 Å². The molecule has 0 unspecified atom stereocenters. The van der Waals surface area contributed by atoms with Crippen molar-refractivity contribution in [2.24, 2.45) is 28.3 Å². The van der Waals surface area contributed by atoms with Gasteiger partial charge < -0.3 is 5.32 Å². The van der Waals surface area contributed by atoms with Crippen LogP contribution in [0.25, 0.3) is 0 Å². The van der Waals surface area contributed by atoms with Gasteiger partial charge in [-0.1, -0.05) is 6.07 Å². The molecule has 5 rings (SSSR count). The Kier molecular flexibility index (Phi) is 4.36. The molecule has 0 heterocycles. The zero-order valence-corrected chi connectivity index (χ0v) is 15.5. The molecule has 27 heavy (non-hydrogen) atoms. The summed E-state index contributed by atoms with van der Waals surface area (Å²) in [5.41, 5.74) is 4.64. The molecule has 0 spiro atoms. The van der Waals surface area contributed by atoms with Crippen molar-refractivity contribution in [3.63, 3.8) is 0 Å². The summed E-state index contributed by atoms with van der Waals surface area (Å²) >= 11 is 0. The van der Waals surface area contributed by atoms with Crippen LogP contribution in [0.15, 0.2) is 23.3 Å². The van der Waals surface area contributed by atoms with Crippen LogP contribution in [0.3, 0.4) is 0 Å². The first-order chi connectivity index (χ1) is 13.0. The van der Waals surface area contributed by atoms with Crippen LogP contribution in [0, 0.1) is 52.8 Å². The first kappa shape index (κ1) is 17.5. The second-order valence-corrected chi connectivity index (χ2v) is 8.48. The van der Waals surface area contributed by atoms with Gasteiger partial charge in [0.15, 0.2) is 0 Å². The second kappa shape index (κ2) is 6.70. The van der Waals surface area contributed by atoms with Crippen molar-refractivity contribution >= 4 is 23.0 Å². The van der Waals surface area contributed by atoms with E-state index in [0.29, 0.717) is 5.69 Å². The molecule has 6 nitrogen and oxygen atoms in total. The molecule has 0 aromatic heterocycles. The minimum atomic E-state index is -0.241. The van der Waals surface area contributed by atoms with E-state index < -0.39 is 0 Å². The Hall–Kier alpha value is -2.86. The maximum absolute atomic E-state index is 13.2. The van der Waals surface area contributed by atoms with Crippen molar-refractivity contribution < 1.29 is 4.79 Å². The fraction of sp³-hybridized carbons (Fsp3) is 0.524. The van der Waals surface area contributed by atoms with Gasteiger partial charge in [-0.05, 0) is 80.9 Å². The molecule has 0 radical (unpaired) electrons. The molecule has 1 amide bonds.